The van der Waals surface area contributed by atoms with Crippen LogP contribution in [-0.4, -0.2) is 17.0 Å². The maximum Gasteiger partial charge on any atom is 0.374 e. The summed E-state index contributed by atoms with van der Waals surface area (Å²) in [4.78, 5) is 10.3. The Morgan fingerprint density at radius 3 is 1.15 bits per heavy atom. The standard InChI is InChI=1S/C22H42F2O2/c1-2-3-4-5-6-7-8-9-10-11-12-13-14-15-16-17-18-19-20-22(23,24)21(25)26/h2-20H2,1H3,(H,25,26). The number of carboxylic acid groups (broad SMARTS) is 1. The van der Waals surface area contributed by atoms with E-state index in [1.807, 2.05) is 0 Å². The molecular weight excluding hydrogens is 334 g/mol. The maximum absolute atomic E-state index is 12.9. The van der Waals surface area contributed by atoms with Gasteiger partial charge < -0.3 is 5.11 Å². The van der Waals surface area contributed by atoms with Crippen molar-refractivity contribution >= 4 is 5.97 Å². The van der Waals surface area contributed by atoms with E-state index >= 15 is 0 Å². The smallest absolute Gasteiger partial charge is 0.374 e. The fraction of sp³-hybridized carbons (Fsp3) is 0.955. The Labute approximate surface area is 160 Å². The third kappa shape index (κ3) is 16.8. The molecule has 26 heavy (non-hydrogen) atoms. The molecule has 0 saturated heterocycles. The highest BCUT2D eigenvalue weighted by molar-refractivity contribution is 5.75. The van der Waals surface area contributed by atoms with Crippen molar-refractivity contribution in [1.82, 2.24) is 0 Å². The van der Waals surface area contributed by atoms with Crippen LogP contribution in [0.5, 0.6) is 0 Å². The van der Waals surface area contributed by atoms with E-state index in [2.05, 4.69) is 6.92 Å². The van der Waals surface area contributed by atoms with Gasteiger partial charge in [0.05, 0.1) is 0 Å². The number of hydrogen-bond donors (Lipinski definition) is 1. The molecule has 0 aromatic heterocycles. The van der Waals surface area contributed by atoms with Gasteiger partial charge in [-0.25, -0.2) is 4.79 Å². The van der Waals surface area contributed by atoms with Crippen molar-refractivity contribution in [2.24, 2.45) is 0 Å². The number of carboxylic acids is 1. The van der Waals surface area contributed by atoms with Crippen LogP contribution in [0.25, 0.3) is 0 Å². The molecule has 0 rings (SSSR count). The molecule has 2 nitrogen and oxygen atoms in total. The molecule has 0 saturated carbocycles. The molecule has 0 unspecified atom stereocenters. The molecule has 0 bridgehead atoms. The largest absolute Gasteiger partial charge is 0.477 e. The number of aliphatic carboxylic acids is 1. The van der Waals surface area contributed by atoms with Gasteiger partial charge in [-0.05, 0) is 6.42 Å². The van der Waals surface area contributed by atoms with E-state index in [4.69, 9.17) is 5.11 Å². The lowest BCUT2D eigenvalue weighted by Crippen LogP contribution is -2.27. The number of hydrogen-bond acceptors (Lipinski definition) is 1. The third-order valence-corrected chi connectivity index (χ3v) is 5.16. The van der Waals surface area contributed by atoms with Gasteiger partial charge in [0.15, 0.2) is 0 Å². The van der Waals surface area contributed by atoms with Crippen LogP contribution in [0.1, 0.15) is 129 Å². The Morgan fingerprint density at radius 2 is 0.885 bits per heavy atom. The van der Waals surface area contributed by atoms with Gasteiger partial charge in [0, 0.05) is 6.42 Å². The van der Waals surface area contributed by atoms with Gasteiger partial charge in [0.25, 0.3) is 0 Å². The first kappa shape index (κ1) is 25.3. The minimum absolute atomic E-state index is 0.303. The zero-order valence-corrected chi connectivity index (χ0v) is 17.0. The second-order valence-electron chi connectivity index (χ2n) is 7.77. The van der Waals surface area contributed by atoms with Gasteiger partial charge in [0.2, 0.25) is 0 Å². The van der Waals surface area contributed by atoms with E-state index in [1.54, 1.807) is 0 Å². The van der Waals surface area contributed by atoms with Crippen molar-refractivity contribution in [2.45, 2.75) is 135 Å². The molecule has 0 amide bonds. The molecule has 0 aliphatic heterocycles. The highest BCUT2D eigenvalue weighted by Crippen LogP contribution is 2.22. The molecule has 0 aliphatic rings. The van der Waals surface area contributed by atoms with Crippen LogP contribution in [0, 0.1) is 0 Å². The molecule has 156 valence electrons. The Kier molecular flexibility index (Phi) is 17.3. The first-order valence-corrected chi connectivity index (χ1v) is 11.1. The van der Waals surface area contributed by atoms with Gasteiger partial charge in [-0.15, -0.1) is 0 Å². The summed E-state index contributed by atoms with van der Waals surface area (Å²) in [5.41, 5.74) is 0. The van der Waals surface area contributed by atoms with Crippen LogP contribution in [-0.2, 0) is 4.79 Å². The Morgan fingerprint density at radius 1 is 0.615 bits per heavy atom. The van der Waals surface area contributed by atoms with E-state index in [-0.39, 0.29) is 0 Å². The minimum atomic E-state index is -3.55. The number of halogens is 2. The maximum atomic E-state index is 12.9. The minimum Gasteiger partial charge on any atom is -0.477 e. The summed E-state index contributed by atoms with van der Waals surface area (Å²) in [5.74, 6) is -5.54. The average Bonchev–Trinajstić information content (AvgIpc) is 2.60. The van der Waals surface area contributed by atoms with Crippen LogP contribution in [0.3, 0.4) is 0 Å². The molecule has 0 radical (unpaired) electrons. The molecule has 0 fully saturated rings. The quantitative estimate of drug-likeness (QED) is 0.218. The Hall–Kier alpha value is -0.670. The molecule has 0 spiro atoms. The van der Waals surface area contributed by atoms with Crippen molar-refractivity contribution in [3.8, 4) is 0 Å². The molecule has 0 atom stereocenters. The van der Waals surface area contributed by atoms with Crippen molar-refractivity contribution in [2.75, 3.05) is 0 Å². The van der Waals surface area contributed by atoms with Crippen molar-refractivity contribution in [3.63, 3.8) is 0 Å². The summed E-state index contributed by atoms with van der Waals surface area (Å²) in [5, 5.41) is 8.33. The van der Waals surface area contributed by atoms with Crippen LogP contribution < -0.4 is 0 Å². The lowest BCUT2D eigenvalue weighted by atomic mass is 10.0. The van der Waals surface area contributed by atoms with E-state index < -0.39 is 18.3 Å². The summed E-state index contributed by atoms with van der Waals surface area (Å²) >= 11 is 0. The number of alkyl halides is 2. The molecule has 0 aliphatic carbocycles. The zero-order chi connectivity index (χ0) is 19.5. The van der Waals surface area contributed by atoms with E-state index in [9.17, 15) is 13.6 Å². The Bertz CT molecular complexity index is 319. The SMILES string of the molecule is CCCCCCCCCCCCCCCCCCCCC(F)(F)C(=O)O. The van der Waals surface area contributed by atoms with Crippen molar-refractivity contribution in [1.29, 1.82) is 0 Å². The summed E-state index contributed by atoms with van der Waals surface area (Å²) in [6.07, 6.45) is 21.4. The fourth-order valence-electron chi connectivity index (χ4n) is 3.36. The van der Waals surface area contributed by atoms with E-state index in [0.29, 0.717) is 12.8 Å². The first-order valence-electron chi connectivity index (χ1n) is 11.1. The second-order valence-corrected chi connectivity index (χ2v) is 7.77. The lowest BCUT2D eigenvalue weighted by molar-refractivity contribution is -0.165. The van der Waals surface area contributed by atoms with Gasteiger partial charge in [0.1, 0.15) is 0 Å². The van der Waals surface area contributed by atoms with Gasteiger partial charge in [-0.2, -0.15) is 8.78 Å². The lowest BCUT2D eigenvalue weighted by Gasteiger charge is -2.10. The highest BCUT2D eigenvalue weighted by Gasteiger charge is 2.37. The molecule has 4 heteroatoms. The number of rotatable bonds is 20. The normalized spacial score (nSPS) is 11.8. The van der Waals surface area contributed by atoms with Crippen LogP contribution in [0.4, 0.5) is 8.78 Å². The first-order chi connectivity index (χ1) is 12.5. The molecule has 0 heterocycles. The molecule has 0 aromatic rings. The summed E-state index contributed by atoms with van der Waals surface area (Å²) < 4.78 is 25.7. The highest BCUT2D eigenvalue weighted by atomic mass is 19.3. The zero-order valence-electron chi connectivity index (χ0n) is 17.0. The second kappa shape index (κ2) is 17.7. The summed E-state index contributed by atoms with van der Waals surface area (Å²) in [7, 11) is 0. The van der Waals surface area contributed by atoms with Crippen LogP contribution >= 0.6 is 0 Å². The van der Waals surface area contributed by atoms with E-state index in [0.717, 1.165) is 12.8 Å². The summed E-state index contributed by atoms with van der Waals surface area (Å²) in [6, 6.07) is 0. The predicted octanol–water partition coefficient (Wildman–Crippen LogP) is 8.14. The third-order valence-electron chi connectivity index (χ3n) is 5.16. The molecule has 0 aromatic carbocycles. The van der Waals surface area contributed by atoms with Crippen molar-refractivity contribution < 1.29 is 18.7 Å². The molecule has 1 N–H and O–H groups in total. The molecular formula is C22H42F2O2. The Balaban J connectivity index is 3.13. The predicted molar refractivity (Wildman–Crippen MR) is 106 cm³/mol. The fourth-order valence-corrected chi connectivity index (χ4v) is 3.36. The number of carbonyl (C=O) groups is 1. The van der Waals surface area contributed by atoms with Gasteiger partial charge in [-0.3, -0.25) is 0 Å². The monoisotopic (exact) mass is 376 g/mol. The number of unbranched alkanes of at least 4 members (excludes halogenated alkanes) is 17. The van der Waals surface area contributed by atoms with Crippen LogP contribution in [0.15, 0.2) is 0 Å². The average molecular weight is 377 g/mol. The van der Waals surface area contributed by atoms with E-state index in [1.165, 1.54) is 89.9 Å². The van der Waals surface area contributed by atoms with Crippen LogP contribution in [0.2, 0.25) is 0 Å². The topological polar surface area (TPSA) is 37.3 Å². The summed E-state index contributed by atoms with van der Waals surface area (Å²) in [6.45, 7) is 2.26. The van der Waals surface area contributed by atoms with Gasteiger partial charge >= 0.3 is 11.9 Å². The van der Waals surface area contributed by atoms with Gasteiger partial charge in [-0.1, -0.05) is 116 Å². The van der Waals surface area contributed by atoms with Crippen molar-refractivity contribution in [3.05, 3.63) is 0 Å².